The van der Waals surface area contributed by atoms with Gasteiger partial charge in [-0.25, -0.2) is 4.99 Å². The van der Waals surface area contributed by atoms with Gasteiger partial charge in [0.2, 0.25) is 0 Å². The Morgan fingerprint density at radius 3 is 2.55 bits per heavy atom. The van der Waals surface area contributed by atoms with Crippen LogP contribution in [0.1, 0.15) is 43.4 Å². The Kier molecular flexibility index (Phi) is 7.66. The Bertz CT molecular complexity index is 823. The molecule has 0 aromatic heterocycles. The zero-order valence-corrected chi connectivity index (χ0v) is 17.4. The highest BCUT2D eigenvalue weighted by molar-refractivity contribution is 5.80. The van der Waals surface area contributed by atoms with Crippen molar-refractivity contribution in [3.05, 3.63) is 71.3 Å². The summed E-state index contributed by atoms with van der Waals surface area (Å²) in [6, 6.07) is 21.4. The first kappa shape index (κ1) is 20.9. The van der Waals surface area contributed by atoms with Gasteiger partial charge in [0.15, 0.2) is 5.96 Å². The fourth-order valence-corrected chi connectivity index (χ4v) is 3.77. The third-order valence-electron chi connectivity index (χ3n) is 5.43. The first-order valence-corrected chi connectivity index (χ1v) is 10.5. The molecule has 0 radical (unpaired) electrons. The third kappa shape index (κ3) is 6.33. The maximum absolute atomic E-state index is 8.92. The van der Waals surface area contributed by atoms with Crippen LogP contribution in [0.25, 0.3) is 0 Å². The van der Waals surface area contributed by atoms with E-state index < -0.39 is 0 Å². The van der Waals surface area contributed by atoms with Crippen molar-refractivity contribution in [3.63, 3.8) is 0 Å². The highest BCUT2D eigenvalue weighted by Gasteiger charge is 2.25. The van der Waals surface area contributed by atoms with E-state index in [4.69, 9.17) is 10.3 Å². The molecule has 2 aromatic rings. The second-order valence-corrected chi connectivity index (χ2v) is 7.67. The van der Waals surface area contributed by atoms with Crippen LogP contribution in [-0.2, 0) is 13.1 Å². The van der Waals surface area contributed by atoms with Crippen molar-refractivity contribution in [1.82, 2.24) is 15.5 Å². The maximum Gasteiger partial charge on any atom is 0.191 e. The van der Waals surface area contributed by atoms with Gasteiger partial charge in [0.05, 0.1) is 18.2 Å². The Morgan fingerprint density at radius 2 is 1.90 bits per heavy atom. The van der Waals surface area contributed by atoms with Crippen LogP contribution in [0.5, 0.6) is 0 Å². The van der Waals surface area contributed by atoms with Crippen molar-refractivity contribution in [2.45, 2.75) is 51.9 Å². The first-order valence-electron chi connectivity index (χ1n) is 10.5. The molecule has 0 spiro atoms. The van der Waals surface area contributed by atoms with E-state index >= 15 is 0 Å². The smallest absolute Gasteiger partial charge is 0.191 e. The summed E-state index contributed by atoms with van der Waals surface area (Å²) in [5.41, 5.74) is 3.16. The Balaban J connectivity index is 1.54. The Labute approximate surface area is 174 Å². The molecule has 5 nitrogen and oxygen atoms in total. The van der Waals surface area contributed by atoms with Crippen molar-refractivity contribution < 1.29 is 0 Å². The summed E-state index contributed by atoms with van der Waals surface area (Å²) in [6.45, 7) is 7.94. The second-order valence-electron chi connectivity index (χ2n) is 7.67. The molecule has 1 heterocycles. The zero-order valence-electron chi connectivity index (χ0n) is 17.4. The topological polar surface area (TPSA) is 63.5 Å². The Hall–Kier alpha value is -2.84. The highest BCUT2D eigenvalue weighted by atomic mass is 15.2. The van der Waals surface area contributed by atoms with E-state index in [0.717, 1.165) is 44.0 Å². The van der Waals surface area contributed by atoms with Crippen molar-refractivity contribution in [3.8, 4) is 6.07 Å². The van der Waals surface area contributed by atoms with Gasteiger partial charge in [-0.1, -0.05) is 42.5 Å². The van der Waals surface area contributed by atoms with Gasteiger partial charge in [0.25, 0.3) is 0 Å². The van der Waals surface area contributed by atoms with Gasteiger partial charge in [-0.3, -0.25) is 4.90 Å². The molecule has 0 bridgehead atoms. The molecule has 2 atom stereocenters. The van der Waals surface area contributed by atoms with Gasteiger partial charge >= 0.3 is 0 Å². The summed E-state index contributed by atoms with van der Waals surface area (Å²) in [6.07, 6.45) is 2.21. The van der Waals surface area contributed by atoms with Crippen molar-refractivity contribution in [1.29, 1.82) is 5.26 Å². The summed E-state index contributed by atoms with van der Waals surface area (Å²) < 4.78 is 0. The Morgan fingerprint density at radius 1 is 1.14 bits per heavy atom. The molecule has 2 aromatic carbocycles. The number of likely N-dealkylation sites (tertiary alicyclic amines) is 1. The molecule has 2 unspecified atom stereocenters. The van der Waals surface area contributed by atoms with Crippen LogP contribution in [0, 0.1) is 11.3 Å². The van der Waals surface area contributed by atoms with E-state index in [1.54, 1.807) is 0 Å². The second kappa shape index (κ2) is 10.6. The van der Waals surface area contributed by atoms with E-state index in [2.05, 4.69) is 65.8 Å². The zero-order chi connectivity index (χ0) is 20.5. The number of nitrogens with zero attached hydrogens (tertiary/aromatic N) is 3. The van der Waals surface area contributed by atoms with Crippen molar-refractivity contribution in [2.24, 2.45) is 4.99 Å². The summed E-state index contributed by atoms with van der Waals surface area (Å²) >= 11 is 0. The van der Waals surface area contributed by atoms with E-state index in [-0.39, 0.29) is 0 Å². The molecule has 5 heteroatoms. The number of nitriles is 1. The van der Waals surface area contributed by atoms with Gasteiger partial charge < -0.3 is 10.6 Å². The lowest BCUT2D eigenvalue weighted by Gasteiger charge is -2.38. The predicted molar refractivity (Wildman–Crippen MR) is 118 cm³/mol. The molecule has 1 saturated heterocycles. The molecule has 3 rings (SSSR count). The first-order chi connectivity index (χ1) is 14.2. The molecule has 0 aliphatic carbocycles. The molecule has 0 amide bonds. The maximum atomic E-state index is 8.92. The minimum absolute atomic E-state index is 0.427. The van der Waals surface area contributed by atoms with Gasteiger partial charge in [-0.2, -0.15) is 5.26 Å². The molecule has 1 aliphatic heterocycles. The number of guanidine groups is 1. The SMILES string of the molecule is CCNC(=NCc1ccc(C#N)cc1)NC1CCN(Cc2ccccc2)C(C)C1. The van der Waals surface area contributed by atoms with Crippen LogP contribution < -0.4 is 10.6 Å². The lowest BCUT2D eigenvalue weighted by atomic mass is 9.97. The number of rotatable bonds is 6. The van der Waals surface area contributed by atoms with E-state index in [1.165, 1.54) is 5.56 Å². The molecular weight excluding hydrogens is 358 g/mol. The monoisotopic (exact) mass is 389 g/mol. The minimum Gasteiger partial charge on any atom is -0.357 e. The highest BCUT2D eigenvalue weighted by Crippen LogP contribution is 2.20. The summed E-state index contributed by atoms with van der Waals surface area (Å²) in [5, 5.41) is 15.9. The summed E-state index contributed by atoms with van der Waals surface area (Å²) in [5.74, 6) is 0.866. The molecule has 1 fully saturated rings. The van der Waals surface area contributed by atoms with Crippen LogP contribution in [0.2, 0.25) is 0 Å². The van der Waals surface area contributed by atoms with Crippen LogP contribution in [-0.4, -0.2) is 36.0 Å². The average molecular weight is 390 g/mol. The predicted octanol–water partition coefficient (Wildman–Crippen LogP) is 3.67. The molecule has 29 heavy (non-hydrogen) atoms. The molecule has 0 saturated carbocycles. The number of aliphatic imine (C=N–C) groups is 1. The van der Waals surface area contributed by atoms with Gasteiger partial charge in [0.1, 0.15) is 0 Å². The fourth-order valence-electron chi connectivity index (χ4n) is 3.77. The fraction of sp³-hybridized carbons (Fsp3) is 0.417. The van der Waals surface area contributed by atoms with E-state index in [1.807, 2.05) is 24.3 Å². The molecule has 152 valence electrons. The molecule has 1 aliphatic rings. The number of piperidine rings is 1. The van der Waals surface area contributed by atoms with Gasteiger partial charge in [0, 0.05) is 31.7 Å². The lowest BCUT2D eigenvalue weighted by Crippen LogP contribution is -2.51. The largest absolute Gasteiger partial charge is 0.357 e. The van der Waals surface area contributed by atoms with Crippen LogP contribution in [0.4, 0.5) is 0 Å². The van der Waals surface area contributed by atoms with E-state index in [0.29, 0.717) is 24.2 Å². The van der Waals surface area contributed by atoms with Crippen molar-refractivity contribution in [2.75, 3.05) is 13.1 Å². The van der Waals surface area contributed by atoms with E-state index in [9.17, 15) is 0 Å². The molecule has 2 N–H and O–H groups in total. The minimum atomic E-state index is 0.427. The van der Waals surface area contributed by atoms with Crippen molar-refractivity contribution >= 4 is 5.96 Å². The summed E-state index contributed by atoms with van der Waals surface area (Å²) in [7, 11) is 0. The standard InChI is InChI=1S/C24H31N5/c1-3-26-24(27-17-21-11-9-20(16-25)10-12-21)28-23-13-14-29(19(2)15-23)18-22-7-5-4-6-8-22/h4-12,19,23H,3,13-15,17-18H2,1-2H3,(H2,26,27,28). The number of hydrogen-bond donors (Lipinski definition) is 2. The third-order valence-corrected chi connectivity index (χ3v) is 5.43. The normalized spacial score (nSPS) is 20.1. The number of nitrogens with one attached hydrogen (secondary N) is 2. The number of hydrogen-bond acceptors (Lipinski definition) is 3. The van der Waals surface area contributed by atoms with Crippen LogP contribution in [0.3, 0.4) is 0 Å². The van der Waals surface area contributed by atoms with Crippen LogP contribution >= 0.6 is 0 Å². The average Bonchev–Trinajstić information content (AvgIpc) is 2.75. The van der Waals surface area contributed by atoms with Crippen LogP contribution in [0.15, 0.2) is 59.6 Å². The lowest BCUT2D eigenvalue weighted by molar-refractivity contribution is 0.134. The summed E-state index contributed by atoms with van der Waals surface area (Å²) in [4.78, 5) is 7.31. The molecular formula is C24H31N5. The van der Waals surface area contributed by atoms with Gasteiger partial charge in [-0.05, 0) is 49.9 Å². The quantitative estimate of drug-likeness (QED) is 0.585. The number of benzene rings is 2. The van der Waals surface area contributed by atoms with Gasteiger partial charge in [-0.15, -0.1) is 0 Å².